The lowest BCUT2D eigenvalue weighted by Crippen LogP contribution is -2.32. The molecule has 3 atom stereocenters. The van der Waals surface area contributed by atoms with Gasteiger partial charge in [-0.15, -0.1) is 0 Å². The Morgan fingerprint density at radius 3 is 2.92 bits per heavy atom. The van der Waals surface area contributed by atoms with Gasteiger partial charge in [-0.1, -0.05) is 6.92 Å². The molecule has 0 bridgehead atoms. The van der Waals surface area contributed by atoms with Gasteiger partial charge in [-0.25, -0.2) is 0 Å². The molecule has 1 heterocycles. The minimum atomic E-state index is -0.322. The second-order valence-corrected chi connectivity index (χ2v) is 3.80. The van der Waals surface area contributed by atoms with Gasteiger partial charge < -0.3 is 14.6 Å². The molecule has 1 fully saturated rings. The van der Waals surface area contributed by atoms with Gasteiger partial charge in [0.05, 0.1) is 12.2 Å². The number of ether oxygens (including phenoxy) is 2. The highest BCUT2D eigenvalue weighted by Crippen LogP contribution is 2.22. The van der Waals surface area contributed by atoms with Gasteiger partial charge in [0, 0.05) is 20.3 Å². The molecule has 0 radical (unpaired) electrons. The number of aliphatic hydroxyl groups excluding tert-OH is 1. The highest BCUT2D eigenvalue weighted by Gasteiger charge is 2.27. The van der Waals surface area contributed by atoms with Crippen molar-refractivity contribution in [3.8, 4) is 0 Å². The van der Waals surface area contributed by atoms with Crippen molar-refractivity contribution in [1.82, 2.24) is 0 Å². The van der Waals surface area contributed by atoms with Crippen molar-refractivity contribution in [2.24, 2.45) is 5.92 Å². The zero-order valence-corrected chi connectivity index (χ0v) is 8.53. The first kappa shape index (κ1) is 11.0. The third-order valence-electron chi connectivity index (χ3n) is 2.71. The number of methoxy groups -OCH3 is 1. The van der Waals surface area contributed by atoms with Gasteiger partial charge in [0.25, 0.3) is 0 Å². The monoisotopic (exact) mass is 188 g/mol. The molecule has 0 aromatic rings. The molecular formula is C10H20O3. The van der Waals surface area contributed by atoms with E-state index in [0.29, 0.717) is 6.61 Å². The van der Waals surface area contributed by atoms with Crippen LogP contribution >= 0.6 is 0 Å². The second-order valence-electron chi connectivity index (χ2n) is 3.80. The van der Waals surface area contributed by atoms with E-state index in [1.54, 1.807) is 7.11 Å². The molecule has 13 heavy (non-hydrogen) atoms. The molecule has 0 aliphatic carbocycles. The van der Waals surface area contributed by atoms with Crippen molar-refractivity contribution in [3.05, 3.63) is 0 Å². The van der Waals surface area contributed by atoms with E-state index in [0.717, 1.165) is 25.9 Å². The minimum absolute atomic E-state index is 0.0619. The summed E-state index contributed by atoms with van der Waals surface area (Å²) >= 11 is 0. The summed E-state index contributed by atoms with van der Waals surface area (Å²) in [6, 6.07) is 0. The Kier molecular flexibility index (Phi) is 4.70. The average molecular weight is 188 g/mol. The molecule has 1 saturated heterocycles. The summed E-state index contributed by atoms with van der Waals surface area (Å²) in [5, 5.41) is 9.86. The topological polar surface area (TPSA) is 38.7 Å². The van der Waals surface area contributed by atoms with E-state index < -0.39 is 0 Å². The van der Waals surface area contributed by atoms with Crippen LogP contribution in [0.25, 0.3) is 0 Å². The highest BCUT2D eigenvalue weighted by atomic mass is 16.5. The summed E-state index contributed by atoms with van der Waals surface area (Å²) in [5.74, 6) is 0.267. The fourth-order valence-electron chi connectivity index (χ4n) is 1.71. The first-order chi connectivity index (χ1) is 6.25. The van der Waals surface area contributed by atoms with Crippen molar-refractivity contribution in [2.75, 3.05) is 20.3 Å². The molecule has 0 aromatic heterocycles. The van der Waals surface area contributed by atoms with Crippen LogP contribution in [0.1, 0.15) is 26.2 Å². The van der Waals surface area contributed by atoms with Crippen LogP contribution < -0.4 is 0 Å². The first-order valence-electron chi connectivity index (χ1n) is 5.04. The number of aliphatic hydroxyl groups is 1. The Hall–Kier alpha value is -0.120. The SMILES string of the molecule is COCCC(C)C(O)C1CCCO1. The predicted octanol–water partition coefficient (Wildman–Crippen LogP) is 1.20. The molecule has 78 valence electrons. The Bertz CT molecular complexity index is 132. The van der Waals surface area contributed by atoms with Crippen LogP contribution in [0.2, 0.25) is 0 Å². The van der Waals surface area contributed by atoms with Crippen molar-refractivity contribution < 1.29 is 14.6 Å². The summed E-state index contributed by atoms with van der Waals surface area (Å²) in [6.45, 7) is 3.56. The van der Waals surface area contributed by atoms with Gasteiger partial charge in [0.2, 0.25) is 0 Å². The zero-order valence-electron chi connectivity index (χ0n) is 8.53. The molecule has 1 aliphatic rings. The maximum absolute atomic E-state index is 9.86. The maximum Gasteiger partial charge on any atom is 0.0837 e. The van der Waals surface area contributed by atoms with E-state index in [1.807, 2.05) is 6.92 Å². The van der Waals surface area contributed by atoms with E-state index in [4.69, 9.17) is 9.47 Å². The van der Waals surface area contributed by atoms with Gasteiger partial charge in [0.15, 0.2) is 0 Å². The molecular weight excluding hydrogens is 168 g/mol. The molecule has 3 unspecified atom stereocenters. The molecule has 3 heteroatoms. The van der Waals surface area contributed by atoms with Crippen molar-refractivity contribution in [2.45, 2.75) is 38.4 Å². The lowest BCUT2D eigenvalue weighted by atomic mass is 9.95. The molecule has 0 amide bonds. The Morgan fingerprint density at radius 1 is 1.62 bits per heavy atom. The third-order valence-corrected chi connectivity index (χ3v) is 2.71. The fourth-order valence-corrected chi connectivity index (χ4v) is 1.71. The van der Waals surface area contributed by atoms with Gasteiger partial charge >= 0.3 is 0 Å². The van der Waals surface area contributed by atoms with Crippen LogP contribution in [-0.4, -0.2) is 37.6 Å². The summed E-state index contributed by atoms with van der Waals surface area (Å²) in [6.07, 6.45) is 2.72. The minimum Gasteiger partial charge on any atom is -0.390 e. The van der Waals surface area contributed by atoms with Crippen LogP contribution in [0.5, 0.6) is 0 Å². The molecule has 1 aliphatic heterocycles. The van der Waals surface area contributed by atoms with Gasteiger partial charge in [-0.05, 0) is 25.2 Å². The molecule has 1 N–H and O–H groups in total. The van der Waals surface area contributed by atoms with E-state index in [1.165, 1.54) is 0 Å². The largest absolute Gasteiger partial charge is 0.390 e. The Morgan fingerprint density at radius 2 is 2.38 bits per heavy atom. The van der Waals surface area contributed by atoms with Gasteiger partial charge in [0.1, 0.15) is 0 Å². The highest BCUT2D eigenvalue weighted by molar-refractivity contribution is 4.77. The summed E-state index contributed by atoms with van der Waals surface area (Å²) in [7, 11) is 1.69. The first-order valence-corrected chi connectivity index (χ1v) is 5.04. The molecule has 0 aromatic carbocycles. The average Bonchev–Trinajstić information content (AvgIpc) is 2.65. The van der Waals surface area contributed by atoms with E-state index in [-0.39, 0.29) is 18.1 Å². The van der Waals surface area contributed by atoms with Crippen LogP contribution in [0.4, 0.5) is 0 Å². The lowest BCUT2D eigenvalue weighted by molar-refractivity contribution is -0.0337. The van der Waals surface area contributed by atoms with E-state index in [9.17, 15) is 5.11 Å². The quantitative estimate of drug-likeness (QED) is 0.704. The normalized spacial score (nSPS) is 27.5. The predicted molar refractivity (Wildman–Crippen MR) is 50.6 cm³/mol. The van der Waals surface area contributed by atoms with Gasteiger partial charge in [-0.3, -0.25) is 0 Å². The van der Waals surface area contributed by atoms with Crippen molar-refractivity contribution in [1.29, 1.82) is 0 Å². The zero-order chi connectivity index (χ0) is 9.68. The Balaban J connectivity index is 2.23. The van der Waals surface area contributed by atoms with Crippen molar-refractivity contribution >= 4 is 0 Å². The van der Waals surface area contributed by atoms with E-state index >= 15 is 0 Å². The van der Waals surface area contributed by atoms with Crippen LogP contribution in [0.15, 0.2) is 0 Å². The Labute approximate surface area is 80.0 Å². The number of hydrogen-bond donors (Lipinski definition) is 1. The summed E-state index contributed by atoms with van der Waals surface area (Å²) in [4.78, 5) is 0. The second kappa shape index (κ2) is 5.58. The molecule has 0 spiro atoms. The number of hydrogen-bond acceptors (Lipinski definition) is 3. The standard InChI is InChI=1S/C10H20O3/c1-8(5-7-12-2)10(11)9-4-3-6-13-9/h8-11H,3-7H2,1-2H3. The van der Waals surface area contributed by atoms with Crippen LogP contribution in [-0.2, 0) is 9.47 Å². The molecule has 3 nitrogen and oxygen atoms in total. The third kappa shape index (κ3) is 3.25. The molecule has 1 rings (SSSR count). The molecule has 0 saturated carbocycles. The van der Waals surface area contributed by atoms with Gasteiger partial charge in [-0.2, -0.15) is 0 Å². The smallest absolute Gasteiger partial charge is 0.0837 e. The van der Waals surface area contributed by atoms with Crippen molar-refractivity contribution in [3.63, 3.8) is 0 Å². The summed E-state index contributed by atoms with van der Waals surface area (Å²) < 4.78 is 10.4. The van der Waals surface area contributed by atoms with Crippen LogP contribution in [0, 0.1) is 5.92 Å². The number of rotatable bonds is 5. The van der Waals surface area contributed by atoms with Crippen LogP contribution in [0.3, 0.4) is 0 Å². The lowest BCUT2D eigenvalue weighted by Gasteiger charge is -2.23. The maximum atomic E-state index is 9.86. The summed E-state index contributed by atoms with van der Waals surface area (Å²) in [5.41, 5.74) is 0. The van der Waals surface area contributed by atoms with E-state index in [2.05, 4.69) is 0 Å². The fraction of sp³-hybridized carbons (Fsp3) is 1.00.